The van der Waals surface area contributed by atoms with Crippen molar-refractivity contribution < 1.29 is 19.1 Å². The molecule has 3 aromatic rings. The molecule has 3 amide bonds. The van der Waals surface area contributed by atoms with Crippen molar-refractivity contribution in [1.29, 1.82) is 0 Å². The summed E-state index contributed by atoms with van der Waals surface area (Å²) in [6.07, 6.45) is 1.46. The number of fused-ring (bicyclic) bond motifs is 1. The second-order valence-corrected chi connectivity index (χ2v) is 7.01. The Balaban J connectivity index is 1.41. The van der Waals surface area contributed by atoms with Gasteiger partial charge < -0.3 is 10.1 Å². The number of amides is 3. The first-order chi connectivity index (χ1) is 14.4. The Morgan fingerprint density at radius 3 is 2.60 bits per heavy atom. The smallest absolute Gasteiger partial charge is 0.338 e. The van der Waals surface area contributed by atoms with Crippen molar-refractivity contribution in [1.82, 2.24) is 19.6 Å². The summed E-state index contributed by atoms with van der Waals surface area (Å²) in [6, 6.07) is 10.4. The monoisotopic (exact) mass is 426 g/mol. The average molecular weight is 427 g/mol. The van der Waals surface area contributed by atoms with E-state index in [0.717, 1.165) is 4.90 Å². The van der Waals surface area contributed by atoms with Crippen LogP contribution in [-0.2, 0) is 22.7 Å². The number of halogens is 1. The van der Waals surface area contributed by atoms with E-state index in [4.69, 9.17) is 16.3 Å². The molecule has 30 heavy (non-hydrogen) atoms. The van der Waals surface area contributed by atoms with Gasteiger partial charge in [-0.05, 0) is 29.8 Å². The Labute approximate surface area is 174 Å². The zero-order valence-corrected chi connectivity index (χ0v) is 16.3. The number of urea groups is 1. The van der Waals surface area contributed by atoms with E-state index in [1.807, 2.05) is 0 Å². The van der Waals surface area contributed by atoms with Crippen LogP contribution in [0.4, 0.5) is 4.79 Å². The van der Waals surface area contributed by atoms with Crippen LogP contribution in [0.1, 0.15) is 21.6 Å². The number of hydrogen-bond acceptors (Lipinski definition) is 6. The molecule has 152 valence electrons. The lowest BCUT2D eigenvalue weighted by atomic mass is 10.1. The predicted octanol–water partition coefficient (Wildman–Crippen LogP) is 1.76. The van der Waals surface area contributed by atoms with Gasteiger partial charge >= 0.3 is 12.0 Å². The molecule has 2 aromatic heterocycles. The van der Waals surface area contributed by atoms with Crippen molar-refractivity contribution in [3.63, 3.8) is 0 Å². The Hall–Kier alpha value is -3.72. The van der Waals surface area contributed by atoms with Crippen LogP contribution in [0.25, 0.3) is 5.65 Å². The number of esters is 1. The summed E-state index contributed by atoms with van der Waals surface area (Å²) >= 11 is 5.88. The number of ether oxygens (including phenoxy) is 1. The Kier molecular flexibility index (Phi) is 5.20. The van der Waals surface area contributed by atoms with Gasteiger partial charge in [0.2, 0.25) is 5.91 Å². The molecule has 9 nitrogen and oxygen atoms in total. The molecule has 0 bridgehead atoms. The maximum atomic E-state index is 12.3. The van der Waals surface area contributed by atoms with Gasteiger partial charge in [0.25, 0.3) is 5.56 Å². The topological polar surface area (TPSA) is 110 Å². The number of aromatic nitrogens is 2. The van der Waals surface area contributed by atoms with Crippen LogP contribution in [0.3, 0.4) is 0 Å². The summed E-state index contributed by atoms with van der Waals surface area (Å²) in [5, 5.41) is 2.85. The van der Waals surface area contributed by atoms with E-state index in [9.17, 15) is 19.2 Å². The Morgan fingerprint density at radius 2 is 1.90 bits per heavy atom. The third-order valence-corrected chi connectivity index (χ3v) is 4.72. The van der Waals surface area contributed by atoms with E-state index < -0.39 is 12.0 Å². The first-order valence-corrected chi connectivity index (χ1v) is 9.30. The molecule has 4 rings (SSSR count). The number of hydrogen-bond donors (Lipinski definition) is 1. The molecule has 0 aliphatic carbocycles. The van der Waals surface area contributed by atoms with E-state index >= 15 is 0 Å². The minimum Gasteiger partial charge on any atom is -0.456 e. The highest BCUT2D eigenvalue weighted by Crippen LogP contribution is 2.12. The zero-order chi connectivity index (χ0) is 21.3. The van der Waals surface area contributed by atoms with Gasteiger partial charge in [0, 0.05) is 12.3 Å². The third-order valence-electron chi connectivity index (χ3n) is 4.50. The van der Waals surface area contributed by atoms with Crippen molar-refractivity contribution in [2.24, 2.45) is 0 Å². The molecular formula is C20H15ClN4O5. The number of carbonyl (C=O) groups is 3. The largest absolute Gasteiger partial charge is 0.456 e. The molecule has 0 saturated carbocycles. The minimum atomic E-state index is -0.588. The summed E-state index contributed by atoms with van der Waals surface area (Å²) in [6.45, 7) is -0.0605. The number of benzene rings is 1. The maximum absolute atomic E-state index is 12.3. The summed E-state index contributed by atoms with van der Waals surface area (Å²) < 4.78 is 6.55. The van der Waals surface area contributed by atoms with Gasteiger partial charge in [-0.15, -0.1) is 0 Å². The number of carbonyl (C=O) groups excluding carboxylic acids is 3. The number of nitrogens with one attached hydrogen (secondary N) is 1. The van der Waals surface area contributed by atoms with Crippen molar-refractivity contribution in [2.75, 3.05) is 6.54 Å². The SMILES string of the molecule is O=C(OCc1cc(=O)n2cc(Cl)ccc2n1)c1ccc(CN2C(=O)CNC2=O)cc1. The fraction of sp³-hybridized carbons (Fsp3) is 0.150. The molecule has 1 saturated heterocycles. The van der Waals surface area contributed by atoms with Crippen LogP contribution in [0.15, 0.2) is 53.5 Å². The van der Waals surface area contributed by atoms with E-state index in [1.165, 1.54) is 16.7 Å². The fourth-order valence-corrected chi connectivity index (χ4v) is 3.13. The van der Waals surface area contributed by atoms with Crippen LogP contribution >= 0.6 is 11.6 Å². The molecular weight excluding hydrogens is 412 g/mol. The number of rotatable bonds is 5. The summed E-state index contributed by atoms with van der Waals surface area (Å²) in [5.41, 5.74) is 1.35. The zero-order valence-electron chi connectivity index (χ0n) is 15.5. The highest BCUT2D eigenvalue weighted by Gasteiger charge is 2.28. The molecule has 1 N–H and O–H groups in total. The van der Waals surface area contributed by atoms with Crippen molar-refractivity contribution in [3.05, 3.63) is 80.9 Å². The average Bonchev–Trinajstić information content (AvgIpc) is 3.05. The normalized spacial score (nSPS) is 13.6. The van der Waals surface area contributed by atoms with Gasteiger partial charge in [-0.3, -0.25) is 18.9 Å². The van der Waals surface area contributed by atoms with Gasteiger partial charge in [-0.1, -0.05) is 23.7 Å². The van der Waals surface area contributed by atoms with Gasteiger partial charge in [0.15, 0.2) is 0 Å². The first-order valence-electron chi connectivity index (χ1n) is 8.93. The minimum absolute atomic E-state index is 0.0112. The van der Waals surface area contributed by atoms with Crippen molar-refractivity contribution in [2.45, 2.75) is 13.2 Å². The van der Waals surface area contributed by atoms with Crippen LogP contribution in [0.2, 0.25) is 5.02 Å². The van der Waals surface area contributed by atoms with Gasteiger partial charge in [-0.2, -0.15) is 0 Å². The lowest BCUT2D eigenvalue weighted by molar-refractivity contribution is -0.125. The fourth-order valence-electron chi connectivity index (χ4n) is 2.97. The second kappa shape index (κ2) is 7.96. The standard InChI is InChI=1S/C20H15ClN4O5/c21-14-5-6-16-23-15(7-17(26)24(16)10-14)11-30-19(28)13-3-1-12(2-4-13)9-25-18(27)8-22-20(25)29/h1-7,10H,8-9,11H2,(H,22,29). The third kappa shape index (κ3) is 4.01. The number of nitrogens with zero attached hydrogens (tertiary/aromatic N) is 3. The van der Waals surface area contributed by atoms with Crippen LogP contribution in [-0.4, -0.2) is 38.7 Å². The lowest BCUT2D eigenvalue weighted by Gasteiger charge is -2.12. The molecule has 0 radical (unpaired) electrons. The van der Waals surface area contributed by atoms with E-state index in [2.05, 4.69) is 10.3 Å². The van der Waals surface area contributed by atoms with Crippen molar-refractivity contribution >= 4 is 35.2 Å². The van der Waals surface area contributed by atoms with Crippen LogP contribution < -0.4 is 10.9 Å². The predicted molar refractivity (Wildman–Crippen MR) is 106 cm³/mol. The Morgan fingerprint density at radius 1 is 1.13 bits per heavy atom. The Bertz CT molecular complexity index is 1210. The molecule has 0 spiro atoms. The number of imide groups is 1. The summed E-state index contributed by atoms with van der Waals surface area (Å²) in [7, 11) is 0. The molecule has 3 heterocycles. The van der Waals surface area contributed by atoms with Gasteiger partial charge in [0.05, 0.1) is 29.4 Å². The molecule has 1 aliphatic heterocycles. The van der Waals surface area contributed by atoms with E-state index in [0.29, 0.717) is 27.5 Å². The summed E-state index contributed by atoms with van der Waals surface area (Å²) in [5.74, 6) is -0.890. The molecule has 1 aromatic carbocycles. The lowest BCUT2D eigenvalue weighted by Crippen LogP contribution is -2.30. The highest BCUT2D eigenvalue weighted by molar-refractivity contribution is 6.30. The van der Waals surface area contributed by atoms with E-state index in [1.54, 1.807) is 36.4 Å². The van der Waals surface area contributed by atoms with E-state index in [-0.39, 0.29) is 31.2 Å². The van der Waals surface area contributed by atoms with Crippen molar-refractivity contribution in [3.8, 4) is 0 Å². The quantitative estimate of drug-likeness (QED) is 0.491. The second-order valence-electron chi connectivity index (χ2n) is 6.57. The van der Waals surface area contributed by atoms with Crippen LogP contribution in [0, 0.1) is 0 Å². The van der Waals surface area contributed by atoms with Crippen LogP contribution in [0.5, 0.6) is 0 Å². The molecule has 10 heteroatoms. The molecule has 0 unspecified atom stereocenters. The van der Waals surface area contributed by atoms with Gasteiger partial charge in [-0.25, -0.2) is 14.6 Å². The molecule has 1 aliphatic rings. The maximum Gasteiger partial charge on any atom is 0.338 e. The molecule has 0 atom stereocenters. The van der Waals surface area contributed by atoms with Gasteiger partial charge in [0.1, 0.15) is 12.3 Å². The molecule has 1 fully saturated rings. The highest BCUT2D eigenvalue weighted by atomic mass is 35.5. The summed E-state index contributed by atoms with van der Waals surface area (Å²) in [4.78, 5) is 53.1. The number of pyridine rings is 1. The first kappa shape index (κ1) is 19.6.